The maximum atomic E-state index is 14.0. The second-order valence-electron chi connectivity index (χ2n) is 9.69. The van der Waals surface area contributed by atoms with Crippen molar-refractivity contribution in [2.75, 3.05) is 11.5 Å². The molecule has 3 heterocycles. The molecule has 7 heteroatoms. The molecule has 0 N–H and O–H groups in total. The van der Waals surface area contributed by atoms with Gasteiger partial charge in [-0.1, -0.05) is 43.3 Å². The molecule has 4 atom stereocenters. The van der Waals surface area contributed by atoms with Gasteiger partial charge in [0.05, 0.1) is 53.0 Å². The van der Waals surface area contributed by atoms with E-state index in [4.69, 9.17) is 14.7 Å². The minimum Gasteiger partial charge on any atom is -0.493 e. The Kier molecular flexibility index (Phi) is 5.15. The molecule has 6 rings (SSSR count). The van der Waals surface area contributed by atoms with Crippen molar-refractivity contribution >= 4 is 28.3 Å². The number of ether oxygens (including phenoxy) is 2. The van der Waals surface area contributed by atoms with Crippen LogP contribution in [-0.4, -0.2) is 29.6 Å². The summed E-state index contributed by atoms with van der Waals surface area (Å²) in [7, 11) is 0. The fraction of sp³-hybridized carbons (Fsp3) is 0.267. The molecule has 2 fully saturated rings. The summed E-state index contributed by atoms with van der Waals surface area (Å²) in [6, 6.07) is 21.8. The van der Waals surface area contributed by atoms with Gasteiger partial charge in [0, 0.05) is 17.2 Å². The molecule has 0 spiro atoms. The van der Waals surface area contributed by atoms with Gasteiger partial charge < -0.3 is 9.47 Å². The van der Waals surface area contributed by atoms with E-state index in [9.17, 15) is 14.9 Å². The van der Waals surface area contributed by atoms with Gasteiger partial charge in [-0.3, -0.25) is 9.59 Å². The Balaban J connectivity index is 1.34. The van der Waals surface area contributed by atoms with Crippen LogP contribution >= 0.6 is 0 Å². The number of rotatable bonds is 6. The first-order chi connectivity index (χ1) is 18.0. The largest absolute Gasteiger partial charge is 0.493 e. The van der Waals surface area contributed by atoms with Gasteiger partial charge in [-0.2, -0.15) is 10.5 Å². The van der Waals surface area contributed by atoms with Crippen LogP contribution in [0.3, 0.4) is 0 Å². The lowest BCUT2D eigenvalue weighted by molar-refractivity contribution is -0.130. The average Bonchev–Trinajstić information content (AvgIpc) is 3.55. The third-order valence-electron chi connectivity index (χ3n) is 7.95. The SMILES string of the molecule is CCC12C=CC(CCOc3ccc(C#N)cc3)(O1)[C@@H]1C(=O)N(c3ccc(C#N)c4ccccc34)C(=O)[C@@H]12. The Bertz CT molecular complexity index is 1560. The zero-order valence-electron chi connectivity index (χ0n) is 20.2. The first-order valence-corrected chi connectivity index (χ1v) is 12.3. The second kappa shape index (κ2) is 8.30. The normalized spacial score (nSPS) is 27.4. The van der Waals surface area contributed by atoms with Crippen molar-refractivity contribution in [3.05, 3.63) is 83.9 Å². The van der Waals surface area contributed by atoms with Gasteiger partial charge in [0.15, 0.2) is 0 Å². The van der Waals surface area contributed by atoms with E-state index in [1.54, 1.807) is 36.4 Å². The molecule has 3 aliphatic heterocycles. The first-order valence-electron chi connectivity index (χ1n) is 12.3. The molecule has 0 saturated carbocycles. The van der Waals surface area contributed by atoms with Crippen LogP contribution in [0.4, 0.5) is 5.69 Å². The molecule has 2 saturated heterocycles. The summed E-state index contributed by atoms with van der Waals surface area (Å²) in [6.07, 6.45) is 4.84. The summed E-state index contributed by atoms with van der Waals surface area (Å²) in [5.41, 5.74) is -0.260. The zero-order valence-corrected chi connectivity index (χ0v) is 20.2. The summed E-state index contributed by atoms with van der Waals surface area (Å²) in [6.45, 7) is 2.24. The van der Waals surface area contributed by atoms with Gasteiger partial charge in [-0.15, -0.1) is 0 Å². The monoisotopic (exact) mass is 489 g/mol. The topological polar surface area (TPSA) is 103 Å². The van der Waals surface area contributed by atoms with Crippen LogP contribution in [0.5, 0.6) is 5.75 Å². The molecule has 0 aliphatic carbocycles. The molecule has 3 aromatic carbocycles. The molecule has 2 unspecified atom stereocenters. The predicted octanol–water partition coefficient (Wildman–Crippen LogP) is 4.65. The van der Waals surface area contributed by atoms with Crippen LogP contribution in [0.2, 0.25) is 0 Å². The molecular weight excluding hydrogens is 466 g/mol. The summed E-state index contributed by atoms with van der Waals surface area (Å²) in [4.78, 5) is 29.2. The average molecular weight is 490 g/mol. The summed E-state index contributed by atoms with van der Waals surface area (Å²) >= 11 is 0. The Hall–Kier alpha value is -4.46. The molecule has 182 valence electrons. The van der Waals surface area contributed by atoms with E-state index in [0.29, 0.717) is 46.2 Å². The molecule has 0 radical (unpaired) electrons. The number of imide groups is 1. The van der Waals surface area contributed by atoms with Gasteiger partial charge in [-0.05, 0) is 42.8 Å². The third kappa shape index (κ3) is 3.21. The highest BCUT2D eigenvalue weighted by Gasteiger charge is 2.72. The van der Waals surface area contributed by atoms with Crippen molar-refractivity contribution in [3.63, 3.8) is 0 Å². The van der Waals surface area contributed by atoms with Crippen LogP contribution in [0.25, 0.3) is 10.8 Å². The van der Waals surface area contributed by atoms with Crippen molar-refractivity contribution < 1.29 is 19.1 Å². The van der Waals surface area contributed by atoms with Crippen molar-refractivity contribution in [2.24, 2.45) is 11.8 Å². The molecule has 37 heavy (non-hydrogen) atoms. The highest BCUT2D eigenvalue weighted by atomic mass is 16.5. The standard InChI is InChI=1S/C30H23N3O4/c1-2-29-13-14-30(37-29,15-16-36-21-10-7-19(17-31)8-11-21)26-25(29)27(34)33(28(26)35)24-12-9-20(18-32)22-5-3-4-6-23(22)24/h3-14,25-26H,2,15-16H2,1H3/t25-,26+,29?,30?/m1/s1. The molecule has 7 nitrogen and oxygen atoms in total. The number of fused-ring (bicyclic) bond motifs is 6. The van der Waals surface area contributed by atoms with Crippen molar-refractivity contribution in [1.82, 2.24) is 0 Å². The number of carbonyl (C=O) groups is 2. The number of hydrogen-bond acceptors (Lipinski definition) is 6. The third-order valence-corrected chi connectivity index (χ3v) is 7.95. The fourth-order valence-electron chi connectivity index (χ4n) is 6.16. The molecule has 0 aromatic heterocycles. The van der Waals surface area contributed by atoms with Crippen molar-refractivity contribution in [1.29, 1.82) is 10.5 Å². The number of nitrogens with zero attached hydrogens (tertiary/aromatic N) is 3. The number of amides is 2. The molecule has 2 bridgehead atoms. The maximum absolute atomic E-state index is 14.0. The second-order valence-corrected chi connectivity index (χ2v) is 9.69. The summed E-state index contributed by atoms with van der Waals surface area (Å²) in [5.74, 6) is -1.23. The molecule has 2 amide bonds. The Morgan fingerprint density at radius 3 is 2.24 bits per heavy atom. The van der Waals surface area contributed by atoms with Crippen LogP contribution in [0, 0.1) is 34.5 Å². The highest BCUT2D eigenvalue weighted by Crippen LogP contribution is 2.60. The van der Waals surface area contributed by atoms with E-state index in [-0.39, 0.29) is 18.4 Å². The summed E-state index contributed by atoms with van der Waals surface area (Å²) in [5, 5.41) is 19.9. The van der Waals surface area contributed by atoms with E-state index in [1.807, 2.05) is 43.3 Å². The predicted molar refractivity (Wildman–Crippen MR) is 135 cm³/mol. The number of hydrogen-bond donors (Lipinski definition) is 0. The van der Waals surface area contributed by atoms with Crippen LogP contribution in [0.1, 0.15) is 30.9 Å². The maximum Gasteiger partial charge on any atom is 0.241 e. The lowest BCUT2D eigenvalue weighted by atomic mass is 9.70. The lowest BCUT2D eigenvalue weighted by Gasteiger charge is -2.30. The molecular formula is C30H23N3O4. The highest BCUT2D eigenvalue weighted by molar-refractivity contribution is 6.26. The summed E-state index contributed by atoms with van der Waals surface area (Å²) < 4.78 is 12.5. The number of benzene rings is 3. The van der Waals surface area contributed by atoms with Crippen molar-refractivity contribution in [2.45, 2.75) is 31.0 Å². The minimum atomic E-state index is -0.947. The van der Waals surface area contributed by atoms with Crippen molar-refractivity contribution in [3.8, 4) is 17.9 Å². The Morgan fingerprint density at radius 2 is 1.57 bits per heavy atom. The fourth-order valence-corrected chi connectivity index (χ4v) is 6.16. The molecule has 3 aliphatic rings. The van der Waals surface area contributed by atoms with Gasteiger partial charge in [0.1, 0.15) is 11.4 Å². The first kappa shape index (κ1) is 23.0. The van der Waals surface area contributed by atoms with Gasteiger partial charge in [0.2, 0.25) is 11.8 Å². The zero-order chi connectivity index (χ0) is 25.8. The quantitative estimate of drug-likeness (QED) is 0.369. The lowest BCUT2D eigenvalue weighted by Crippen LogP contribution is -2.42. The van der Waals surface area contributed by atoms with E-state index in [2.05, 4.69) is 12.1 Å². The smallest absolute Gasteiger partial charge is 0.241 e. The number of carbonyl (C=O) groups excluding carboxylic acids is 2. The Labute approximate surface area is 214 Å². The van der Waals surface area contributed by atoms with Gasteiger partial charge >= 0.3 is 0 Å². The van der Waals surface area contributed by atoms with Crippen LogP contribution in [0.15, 0.2) is 72.8 Å². The van der Waals surface area contributed by atoms with E-state index in [0.717, 1.165) is 0 Å². The molecule has 3 aromatic rings. The number of anilines is 1. The van der Waals surface area contributed by atoms with Crippen LogP contribution in [-0.2, 0) is 14.3 Å². The Morgan fingerprint density at radius 1 is 0.892 bits per heavy atom. The minimum absolute atomic E-state index is 0.272. The van der Waals surface area contributed by atoms with E-state index in [1.165, 1.54) is 4.90 Å². The van der Waals surface area contributed by atoms with Gasteiger partial charge in [0.25, 0.3) is 0 Å². The van der Waals surface area contributed by atoms with Gasteiger partial charge in [-0.25, -0.2) is 4.90 Å². The van der Waals surface area contributed by atoms with Crippen LogP contribution < -0.4 is 9.64 Å². The van der Waals surface area contributed by atoms with E-state index >= 15 is 0 Å². The van der Waals surface area contributed by atoms with E-state index < -0.39 is 23.0 Å². The number of nitriles is 2.